The van der Waals surface area contributed by atoms with E-state index in [2.05, 4.69) is 24.5 Å². The second-order valence-electron chi connectivity index (χ2n) is 10.9. The molecule has 0 fully saturated rings. The molecule has 3 amide bonds. The van der Waals surface area contributed by atoms with E-state index in [1.54, 1.807) is 20.8 Å². The number of rotatable bonds is 11. The summed E-state index contributed by atoms with van der Waals surface area (Å²) in [5.41, 5.74) is 0.859. The van der Waals surface area contributed by atoms with Gasteiger partial charge < -0.3 is 25.4 Å². The lowest BCUT2D eigenvalue weighted by Crippen LogP contribution is -2.57. The summed E-state index contributed by atoms with van der Waals surface area (Å²) in [6.07, 6.45) is 0.699. The van der Waals surface area contributed by atoms with Crippen molar-refractivity contribution in [2.75, 3.05) is 6.61 Å². The van der Waals surface area contributed by atoms with Gasteiger partial charge in [-0.1, -0.05) is 43.7 Å². The zero-order valence-corrected chi connectivity index (χ0v) is 22.8. The van der Waals surface area contributed by atoms with Gasteiger partial charge in [-0.25, -0.2) is 4.79 Å². The minimum Gasteiger partial charge on any atom is -0.444 e. The molecule has 3 atom stereocenters. The number of aliphatic hydroxyl groups is 1. The van der Waals surface area contributed by atoms with E-state index in [0.29, 0.717) is 17.9 Å². The molecule has 8 heteroatoms. The third-order valence-corrected chi connectivity index (χ3v) is 5.38. The second kappa shape index (κ2) is 13.5. The van der Waals surface area contributed by atoms with Crippen LogP contribution in [0.5, 0.6) is 0 Å². The fraction of sp³-hybridized carbons (Fsp3) is 0.667. The van der Waals surface area contributed by atoms with Crippen LogP contribution < -0.4 is 10.6 Å². The van der Waals surface area contributed by atoms with Crippen molar-refractivity contribution >= 4 is 17.9 Å². The fourth-order valence-corrected chi connectivity index (χ4v) is 3.77. The second-order valence-corrected chi connectivity index (χ2v) is 10.9. The molecule has 0 aliphatic carbocycles. The molecule has 1 aromatic carbocycles. The highest BCUT2D eigenvalue weighted by atomic mass is 16.6. The molecular weight excluding hydrogens is 446 g/mol. The van der Waals surface area contributed by atoms with Crippen LogP contribution in [-0.2, 0) is 14.3 Å². The Balaban J connectivity index is 3.50. The lowest BCUT2D eigenvalue weighted by molar-refractivity contribution is -0.146. The molecule has 8 nitrogen and oxygen atoms in total. The van der Waals surface area contributed by atoms with Gasteiger partial charge in [-0.05, 0) is 72.8 Å². The van der Waals surface area contributed by atoms with E-state index in [0.717, 1.165) is 12.0 Å². The van der Waals surface area contributed by atoms with E-state index < -0.39 is 36.3 Å². The van der Waals surface area contributed by atoms with Crippen LogP contribution in [-0.4, -0.2) is 58.2 Å². The van der Waals surface area contributed by atoms with Crippen LogP contribution in [0.4, 0.5) is 4.79 Å². The van der Waals surface area contributed by atoms with E-state index in [1.165, 1.54) is 4.90 Å². The summed E-state index contributed by atoms with van der Waals surface area (Å²) >= 11 is 0. The highest BCUT2D eigenvalue weighted by Crippen LogP contribution is 2.28. The Morgan fingerprint density at radius 1 is 1.03 bits per heavy atom. The molecule has 1 rings (SSSR count). The molecule has 3 unspecified atom stereocenters. The van der Waals surface area contributed by atoms with Crippen LogP contribution in [0.15, 0.2) is 24.3 Å². The summed E-state index contributed by atoms with van der Waals surface area (Å²) in [5.74, 6) is -0.450. The van der Waals surface area contributed by atoms with Crippen molar-refractivity contribution in [3.05, 3.63) is 35.4 Å². The minimum atomic E-state index is -1.26. The summed E-state index contributed by atoms with van der Waals surface area (Å²) in [4.78, 5) is 41.3. The van der Waals surface area contributed by atoms with Crippen molar-refractivity contribution in [3.8, 4) is 0 Å². The molecule has 0 saturated carbocycles. The Bertz CT molecular complexity index is 847. The molecule has 0 saturated heterocycles. The smallest absolute Gasteiger partial charge is 0.408 e. The highest BCUT2D eigenvalue weighted by Gasteiger charge is 2.38. The van der Waals surface area contributed by atoms with Gasteiger partial charge in [0.25, 0.3) is 0 Å². The summed E-state index contributed by atoms with van der Waals surface area (Å²) in [5, 5.41) is 15.5. The summed E-state index contributed by atoms with van der Waals surface area (Å²) < 4.78 is 5.29. The van der Waals surface area contributed by atoms with Crippen molar-refractivity contribution in [1.29, 1.82) is 0 Å². The van der Waals surface area contributed by atoms with Crippen molar-refractivity contribution in [2.45, 2.75) is 105 Å². The molecular formula is C27H45N3O5. The Hall–Kier alpha value is -2.61. The number of aryl methyl sites for hydroxylation is 1. The predicted octanol–water partition coefficient (Wildman–Crippen LogP) is 4.10. The number of amides is 3. The number of hydrogen-bond donors (Lipinski definition) is 3. The largest absolute Gasteiger partial charge is 0.444 e. The maximum absolute atomic E-state index is 13.9. The van der Waals surface area contributed by atoms with Crippen molar-refractivity contribution in [2.24, 2.45) is 5.92 Å². The van der Waals surface area contributed by atoms with Crippen molar-refractivity contribution in [1.82, 2.24) is 15.5 Å². The van der Waals surface area contributed by atoms with E-state index >= 15 is 0 Å². The van der Waals surface area contributed by atoms with Crippen LogP contribution in [0.2, 0.25) is 0 Å². The first-order valence-corrected chi connectivity index (χ1v) is 12.5. The van der Waals surface area contributed by atoms with Crippen LogP contribution in [0.25, 0.3) is 0 Å². The topological polar surface area (TPSA) is 108 Å². The summed E-state index contributed by atoms with van der Waals surface area (Å²) in [6, 6.07) is 4.83. The molecule has 0 bridgehead atoms. The first-order chi connectivity index (χ1) is 16.2. The highest BCUT2D eigenvalue weighted by molar-refractivity contribution is 5.92. The van der Waals surface area contributed by atoms with Gasteiger partial charge in [-0.15, -0.1) is 0 Å². The molecule has 0 aliphatic rings. The molecule has 0 spiro atoms. The SMILES string of the molecule is Cc1cccc(C(C(=O)NC(C)C)N(C(=O)C(CO)NC(=O)OC(C)(C)C)C(C)CCC(C)C)c1. The van der Waals surface area contributed by atoms with Gasteiger partial charge in [-0.2, -0.15) is 0 Å². The third kappa shape index (κ3) is 10.3. The Morgan fingerprint density at radius 3 is 2.14 bits per heavy atom. The number of hydrogen-bond acceptors (Lipinski definition) is 5. The third-order valence-electron chi connectivity index (χ3n) is 5.38. The zero-order valence-electron chi connectivity index (χ0n) is 22.8. The van der Waals surface area contributed by atoms with Gasteiger partial charge in [0.15, 0.2) is 0 Å². The van der Waals surface area contributed by atoms with Gasteiger partial charge in [0.2, 0.25) is 11.8 Å². The van der Waals surface area contributed by atoms with Gasteiger partial charge in [0.05, 0.1) is 6.61 Å². The predicted molar refractivity (Wildman–Crippen MR) is 138 cm³/mol. The van der Waals surface area contributed by atoms with E-state index in [4.69, 9.17) is 4.74 Å². The van der Waals surface area contributed by atoms with Gasteiger partial charge >= 0.3 is 6.09 Å². The maximum Gasteiger partial charge on any atom is 0.408 e. The van der Waals surface area contributed by atoms with Crippen LogP contribution in [0.3, 0.4) is 0 Å². The lowest BCUT2D eigenvalue weighted by Gasteiger charge is -2.39. The first-order valence-electron chi connectivity index (χ1n) is 12.5. The minimum absolute atomic E-state index is 0.133. The zero-order chi connectivity index (χ0) is 26.9. The average Bonchev–Trinajstić information content (AvgIpc) is 2.71. The molecule has 35 heavy (non-hydrogen) atoms. The average molecular weight is 492 g/mol. The summed E-state index contributed by atoms with van der Waals surface area (Å²) in [7, 11) is 0. The quantitative estimate of drug-likeness (QED) is 0.432. The number of benzene rings is 1. The number of alkyl carbamates (subject to hydrolysis) is 1. The van der Waals surface area contributed by atoms with E-state index in [9.17, 15) is 19.5 Å². The first kappa shape index (κ1) is 30.4. The Kier molecular flexibility index (Phi) is 11.7. The fourth-order valence-electron chi connectivity index (χ4n) is 3.77. The van der Waals surface area contributed by atoms with Crippen LogP contribution in [0, 0.1) is 12.8 Å². The number of carbonyl (C=O) groups excluding carboxylic acids is 3. The monoisotopic (exact) mass is 491 g/mol. The molecule has 0 aromatic heterocycles. The molecule has 0 heterocycles. The normalized spacial score (nSPS) is 14.3. The van der Waals surface area contributed by atoms with Gasteiger partial charge in [0, 0.05) is 12.1 Å². The number of carbonyl (C=O) groups is 3. The molecule has 3 N–H and O–H groups in total. The number of ether oxygens (including phenoxy) is 1. The summed E-state index contributed by atoms with van der Waals surface area (Å²) in [6.45, 7) is 16.3. The van der Waals surface area contributed by atoms with Crippen LogP contribution >= 0.6 is 0 Å². The number of nitrogens with zero attached hydrogens (tertiary/aromatic N) is 1. The van der Waals surface area contributed by atoms with Crippen molar-refractivity contribution < 1.29 is 24.2 Å². The standard InChI is InChI=1S/C27H45N3O5/c1-17(2)13-14-20(6)30(25(33)22(16-31)29-26(34)35-27(7,8)9)23(24(32)28-18(3)4)21-12-10-11-19(5)15-21/h10-12,15,17-18,20,22-23,31H,13-14,16H2,1-9H3,(H,28,32)(H,29,34). The van der Waals surface area contributed by atoms with E-state index in [-0.39, 0.29) is 18.0 Å². The molecule has 1 aromatic rings. The molecule has 0 aliphatic heterocycles. The number of nitrogens with one attached hydrogen (secondary N) is 2. The Labute approximate surface area is 210 Å². The van der Waals surface area contributed by atoms with Crippen molar-refractivity contribution in [3.63, 3.8) is 0 Å². The maximum atomic E-state index is 13.9. The molecule has 198 valence electrons. The number of aliphatic hydroxyl groups excluding tert-OH is 1. The Morgan fingerprint density at radius 2 is 1.66 bits per heavy atom. The van der Waals surface area contributed by atoms with Gasteiger partial charge in [-0.3, -0.25) is 9.59 Å². The molecule has 0 radical (unpaired) electrons. The lowest BCUT2D eigenvalue weighted by atomic mass is 9.96. The van der Waals surface area contributed by atoms with Gasteiger partial charge in [0.1, 0.15) is 17.7 Å². The van der Waals surface area contributed by atoms with E-state index in [1.807, 2.05) is 52.0 Å². The van der Waals surface area contributed by atoms with Crippen LogP contribution in [0.1, 0.15) is 85.4 Å².